The first-order chi connectivity index (χ1) is 17.4. The summed E-state index contributed by atoms with van der Waals surface area (Å²) in [6.07, 6.45) is 4.28. The zero-order chi connectivity index (χ0) is 25.4. The highest BCUT2D eigenvalue weighted by Gasteiger charge is 2.25. The van der Waals surface area contributed by atoms with Gasteiger partial charge in [0.15, 0.2) is 0 Å². The molecule has 1 atom stereocenters. The van der Waals surface area contributed by atoms with Crippen molar-refractivity contribution in [2.24, 2.45) is 5.92 Å². The summed E-state index contributed by atoms with van der Waals surface area (Å²) in [5.41, 5.74) is 2.57. The molecule has 0 saturated carbocycles. The van der Waals surface area contributed by atoms with Crippen molar-refractivity contribution in [2.45, 2.75) is 39.7 Å². The number of nitrogens with zero attached hydrogens (tertiary/aromatic N) is 2. The normalized spacial score (nSPS) is 15.0. The third-order valence-corrected chi connectivity index (χ3v) is 8.58. The number of esters is 1. The Kier molecular flexibility index (Phi) is 6.96. The van der Waals surface area contributed by atoms with Gasteiger partial charge in [0.25, 0.3) is 5.56 Å². The molecule has 0 aliphatic heterocycles. The van der Waals surface area contributed by atoms with E-state index in [-0.39, 0.29) is 24.3 Å². The number of nitrogens with one attached hydrogen (secondary N) is 1. The smallest absolute Gasteiger partial charge is 0.341 e. The molecular formula is C26H24ClN3O4S2. The Labute approximate surface area is 220 Å². The van der Waals surface area contributed by atoms with Crippen LogP contribution in [0, 0.1) is 5.92 Å². The first kappa shape index (κ1) is 24.7. The second-order valence-electron chi connectivity index (χ2n) is 8.84. The minimum Gasteiger partial charge on any atom is -0.462 e. The standard InChI is InChI=1S/C26H24ClN3O4S2/c1-3-34-26(33)22-18(15-5-7-16(27)8-6-15)12-35-24(22)29-20(31)11-30-13-28-23-21(25(30)32)17-9-4-14(2)10-19(17)36-23/h5-8,12-14H,3-4,9-11H2,1-2H3,(H,29,31). The molecule has 0 fully saturated rings. The number of carbonyl (C=O) groups excluding carboxylic acids is 2. The van der Waals surface area contributed by atoms with Gasteiger partial charge in [-0.3, -0.25) is 14.2 Å². The van der Waals surface area contributed by atoms with Crippen LogP contribution in [0.4, 0.5) is 5.00 Å². The van der Waals surface area contributed by atoms with Crippen molar-refractivity contribution in [1.82, 2.24) is 9.55 Å². The van der Waals surface area contributed by atoms with E-state index < -0.39 is 11.9 Å². The van der Waals surface area contributed by atoms with Gasteiger partial charge in [0.1, 0.15) is 21.9 Å². The van der Waals surface area contributed by atoms with Gasteiger partial charge in [-0.1, -0.05) is 30.7 Å². The maximum Gasteiger partial charge on any atom is 0.341 e. The van der Waals surface area contributed by atoms with E-state index in [0.717, 1.165) is 35.2 Å². The van der Waals surface area contributed by atoms with Gasteiger partial charge in [0.2, 0.25) is 5.91 Å². The lowest BCUT2D eigenvalue weighted by Crippen LogP contribution is -2.28. The van der Waals surface area contributed by atoms with Gasteiger partial charge in [-0.2, -0.15) is 0 Å². The van der Waals surface area contributed by atoms with Crippen molar-refractivity contribution in [3.63, 3.8) is 0 Å². The predicted octanol–water partition coefficient (Wildman–Crippen LogP) is 5.78. The minimum atomic E-state index is -0.529. The van der Waals surface area contributed by atoms with Crippen LogP contribution in [0.15, 0.2) is 40.8 Å². The summed E-state index contributed by atoms with van der Waals surface area (Å²) < 4.78 is 6.59. The lowest BCUT2D eigenvalue weighted by molar-refractivity contribution is -0.116. The van der Waals surface area contributed by atoms with Crippen LogP contribution in [0.25, 0.3) is 21.3 Å². The van der Waals surface area contributed by atoms with E-state index in [4.69, 9.17) is 16.3 Å². The first-order valence-electron chi connectivity index (χ1n) is 11.7. The molecule has 1 aromatic carbocycles. The predicted molar refractivity (Wildman–Crippen MR) is 144 cm³/mol. The summed E-state index contributed by atoms with van der Waals surface area (Å²) in [6, 6.07) is 7.09. The maximum absolute atomic E-state index is 13.3. The zero-order valence-electron chi connectivity index (χ0n) is 19.8. The number of ether oxygens (including phenoxy) is 1. The van der Waals surface area contributed by atoms with E-state index in [1.165, 1.54) is 27.1 Å². The molecule has 1 amide bonds. The molecule has 186 valence electrons. The Hall–Kier alpha value is -3.01. The molecule has 1 aliphatic rings. The van der Waals surface area contributed by atoms with Crippen LogP contribution in [0.5, 0.6) is 0 Å². The van der Waals surface area contributed by atoms with Crippen LogP contribution in [0.2, 0.25) is 5.02 Å². The summed E-state index contributed by atoms with van der Waals surface area (Å²) in [6.45, 7) is 3.94. The number of rotatable bonds is 6. The van der Waals surface area contributed by atoms with Crippen molar-refractivity contribution in [1.29, 1.82) is 0 Å². The largest absolute Gasteiger partial charge is 0.462 e. The van der Waals surface area contributed by atoms with E-state index in [1.54, 1.807) is 47.9 Å². The first-order valence-corrected chi connectivity index (χ1v) is 13.8. The van der Waals surface area contributed by atoms with Crippen LogP contribution in [-0.4, -0.2) is 28.0 Å². The molecule has 5 rings (SSSR count). The number of amides is 1. The topological polar surface area (TPSA) is 90.3 Å². The van der Waals surface area contributed by atoms with Crippen LogP contribution in [-0.2, 0) is 28.9 Å². The molecule has 36 heavy (non-hydrogen) atoms. The Morgan fingerprint density at radius 2 is 2.06 bits per heavy atom. The SMILES string of the molecule is CCOC(=O)c1c(-c2ccc(Cl)cc2)csc1NC(=O)Cn1cnc2sc3c(c2c1=O)CCC(C)C3. The van der Waals surface area contributed by atoms with E-state index in [1.807, 2.05) is 0 Å². The van der Waals surface area contributed by atoms with Crippen LogP contribution in [0.3, 0.4) is 0 Å². The Morgan fingerprint density at radius 3 is 2.81 bits per heavy atom. The summed E-state index contributed by atoms with van der Waals surface area (Å²) in [5, 5.41) is 6.18. The van der Waals surface area contributed by atoms with Gasteiger partial charge < -0.3 is 10.1 Å². The molecule has 0 bridgehead atoms. The molecule has 0 saturated heterocycles. The third-order valence-electron chi connectivity index (χ3n) is 6.27. The van der Waals surface area contributed by atoms with Crippen molar-refractivity contribution in [3.8, 4) is 11.1 Å². The second kappa shape index (κ2) is 10.2. The maximum atomic E-state index is 13.3. The number of fused-ring (bicyclic) bond motifs is 3. The lowest BCUT2D eigenvalue weighted by atomic mass is 9.89. The number of aromatic nitrogens is 2. The third kappa shape index (κ3) is 4.70. The zero-order valence-corrected chi connectivity index (χ0v) is 22.2. The molecule has 4 aromatic rings. The van der Waals surface area contributed by atoms with E-state index in [2.05, 4.69) is 17.2 Å². The van der Waals surface area contributed by atoms with Crippen molar-refractivity contribution >= 4 is 61.4 Å². The molecule has 1 N–H and O–H groups in total. The molecule has 3 aromatic heterocycles. The Bertz CT molecular complexity index is 1520. The fourth-order valence-corrected chi connectivity index (χ4v) is 6.94. The van der Waals surface area contributed by atoms with Gasteiger partial charge in [-0.25, -0.2) is 9.78 Å². The van der Waals surface area contributed by atoms with Gasteiger partial charge in [0.05, 0.1) is 18.3 Å². The fourth-order valence-electron chi connectivity index (χ4n) is 4.50. The number of carbonyl (C=O) groups is 2. The highest BCUT2D eigenvalue weighted by Crippen LogP contribution is 2.37. The van der Waals surface area contributed by atoms with Gasteiger partial charge >= 0.3 is 5.97 Å². The number of halogens is 1. The number of hydrogen-bond donors (Lipinski definition) is 1. The average Bonchev–Trinajstić information content (AvgIpc) is 3.42. The van der Waals surface area contributed by atoms with E-state index >= 15 is 0 Å². The number of anilines is 1. The fraction of sp³-hybridized carbons (Fsp3) is 0.308. The average molecular weight is 542 g/mol. The van der Waals surface area contributed by atoms with Gasteiger partial charge in [0, 0.05) is 20.8 Å². The lowest BCUT2D eigenvalue weighted by Gasteiger charge is -2.17. The molecule has 0 radical (unpaired) electrons. The second-order valence-corrected chi connectivity index (χ2v) is 11.2. The Morgan fingerprint density at radius 1 is 1.28 bits per heavy atom. The number of thiophene rings is 2. The van der Waals surface area contributed by atoms with Gasteiger partial charge in [-0.15, -0.1) is 22.7 Å². The number of aryl methyl sites for hydroxylation is 1. The Balaban J connectivity index is 1.43. The van der Waals surface area contributed by atoms with Crippen LogP contribution < -0.4 is 10.9 Å². The molecule has 1 unspecified atom stereocenters. The van der Waals surface area contributed by atoms with E-state index in [9.17, 15) is 14.4 Å². The summed E-state index contributed by atoms with van der Waals surface area (Å²) in [4.78, 5) is 45.5. The van der Waals surface area contributed by atoms with Gasteiger partial charge in [-0.05, 0) is 55.4 Å². The summed E-state index contributed by atoms with van der Waals surface area (Å²) in [5.74, 6) is -0.361. The minimum absolute atomic E-state index is 0.201. The van der Waals surface area contributed by atoms with Crippen molar-refractivity contribution in [2.75, 3.05) is 11.9 Å². The molecule has 0 spiro atoms. The molecule has 3 heterocycles. The van der Waals surface area contributed by atoms with Crippen molar-refractivity contribution < 1.29 is 14.3 Å². The highest BCUT2D eigenvalue weighted by atomic mass is 35.5. The quantitative estimate of drug-likeness (QED) is 0.312. The number of benzene rings is 1. The van der Waals surface area contributed by atoms with Crippen LogP contribution >= 0.6 is 34.3 Å². The van der Waals surface area contributed by atoms with E-state index in [0.29, 0.717) is 26.9 Å². The molecule has 10 heteroatoms. The van der Waals surface area contributed by atoms with Crippen LogP contribution in [0.1, 0.15) is 41.1 Å². The molecule has 1 aliphatic carbocycles. The summed E-state index contributed by atoms with van der Waals surface area (Å²) >= 11 is 8.82. The highest BCUT2D eigenvalue weighted by molar-refractivity contribution is 7.18. The summed E-state index contributed by atoms with van der Waals surface area (Å²) in [7, 11) is 0. The molecular weight excluding hydrogens is 518 g/mol. The molecule has 7 nitrogen and oxygen atoms in total. The van der Waals surface area contributed by atoms with Crippen molar-refractivity contribution in [3.05, 3.63) is 67.4 Å². The monoisotopic (exact) mass is 541 g/mol. The number of hydrogen-bond acceptors (Lipinski definition) is 7.